The number of hydrogen-bond acceptors (Lipinski definition) is 5. The van der Waals surface area contributed by atoms with Gasteiger partial charge in [-0.2, -0.15) is 10.1 Å². The highest BCUT2D eigenvalue weighted by atomic mass is 32.2. The number of carbonyl (C=O) groups is 1. The van der Waals surface area contributed by atoms with Gasteiger partial charge in [0, 0.05) is 24.2 Å². The van der Waals surface area contributed by atoms with Gasteiger partial charge in [0.1, 0.15) is 0 Å². The normalized spacial score (nSPS) is 17.0. The van der Waals surface area contributed by atoms with E-state index in [1.54, 1.807) is 0 Å². The number of nitrogens with zero attached hydrogens (tertiary/aromatic N) is 4. The van der Waals surface area contributed by atoms with Gasteiger partial charge in [0.25, 0.3) is 5.91 Å². The number of hydrogen-bond donors (Lipinski definition) is 0. The van der Waals surface area contributed by atoms with Crippen molar-refractivity contribution >= 4 is 28.9 Å². The molecule has 0 radical (unpaired) electrons. The molecule has 3 heterocycles. The molecule has 6 nitrogen and oxygen atoms in total. The van der Waals surface area contributed by atoms with Gasteiger partial charge in [-0.3, -0.25) is 4.79 Å². The fraction of sp³-hybridized carbons (Fsp3) is 0.138. The summed E-state index contributed by atoms with van der Waals surface area (Å²) in [5.41, 5.74) is 6.01. The van der Waals surface area contributed by atoms with E-state index in [0.717, 1.165) is 52.0 Å². The zero-order chi connectivity index (χ0) is 24.3. The molecule has 2 aliphatic rings. The van der Waals surface area contributed by atoms with E-state index in [1.807, 2.05) is 71.4 Å². The van der Waals surface area contributed by atoms with Gasteiger partial charge in [-0.25, -0.2) is 4.68 Å². The van der Waals surface area contributed by atoms with Gasteiger partial charge in [0.15, 0.2) is 5.17 Å². The smallest absolute Gasteiger partial charge is 0.286 e. The maximum Gasteiger partial charge on any atom is 0.286 e. The van der Waals surface area contributed by atoms with Crippen LogP contribution in [0.2, 0.25) is 0 Å². The number of thioether (sulfide) groups is 1. The number of carbonyl (C=O) groups excluding carboxylic acids is 1. The molecule has 0 saturated carbocycles. The summed E-state index contributed by atoms with van der Waals surface area (Å²) in [6.45, 7) is 2.86. The van der Waals surface area contributed by atoms with Crippen molar-refractivity contribution in [3.63, 3.8) is 0 Å². The number of amides is 1. The zero-order valence-corrected chi connectivity index (χ0v) is 20.4. The molecule has 0 unspecified atom stereocenters. The van der Waals surface area contributed by atoms with Crippen LogP contribution < -0.4 is 0 Å². The number of morpholine rings is 1. The second-order valence-corrected chi connectivity index (χ2v) is 9.57. The van der Waals surface area contributed by atoms with Crippen molar-refractivity contribution in [2.75, 3.05) is 26.3 Å². The first-order chi connectivity index (χ1) is 17.7. The van der Waals surface area contributed by atoms with Crippen LogP contribution in [0.5, 0.6) is 0 Å². The minimum atomic E-state index is -0.184. The van der Waals surface area contributed by atoms with E-state index >= 15 is 0 Å². The van der Waals surface area contributed by atoms with Gasteiger partial charge in [-0.15, -0.1) is 0 Å². The van der Waals surface area contributed by atoms with E-state index in [4.69, 9.17) is 9.84 Å². The van der Waals surface area contributed by atoms with E-state index in [2.05, 4.69) is 40.2 Å². The number of aliphatic imine (C=N–C) groups is 1. The summed E-state index contributed by atoms with van der Waals surface area (Å²) in [6.07, 6.45) is 1.91. The molecule has 1 aromatic heterocycles. The summed E-state index contributed by atoms with van der Waals surface area (Å²) in [5, 5.41) is 5.71. The Morgan fingerprint density at radius 2 is 1.50 bits per heavy atom. The third-order valence-electron chi connectivity index (χ3n) is 6.17. The molecule has 178 valence electrons. The first-order valence-electron chi connectivity index (χ1n) is 11.9. The molecule has 0 atom stereocenters. The number of rotatable bonds is 4. The second-order valence-electron chi connectivity index (χ2n) is 8.56. The lowest BCUT2D eigenvalue weighted by Crippen LogP contribution is -2.38. The SMILES string of the molecule is O=C1N=C(N2CCOCC2)S/C1=C/c1ccc(-n2nc(-c3ccccc3)cc2-c2ccccc2)cc1. The van der Waals surface area contributed by atoms with Gasteiger partial charge in [-0.05, 0) is 41.6 Å². The maximum absolute atomic E-state index is 12.5. The number of amidine groups is 1. The molecular weight excluding hydrogens is 468 g/mol. The van der Waals surface area contributed by atoms with Crippen LogP contribution >= 0.6 is 11.8 Å². The van der Waals surface area contributed by atoms with Crippen molar-refractivity contribution in [1.29, 1.82) is 0 Å². The fourth-order valence-corrected chi connectivity index (χ4v) is 5.26. The molecule has 0 spiro atoms. The van der Waals surface area contributed by atoms with Crippen LogP contribution in [0, 0.1) is 0 Å². The Kier molecular flexibility index (Phi) is 6.24. The molecule has 4 aromatic rings. The topological polar surface area (TPSA) is 59.7 Å². The Morgan fingerprint density at radius 1 is 0.833 bits per heavy atom. The molecule has 36 heavy (non-hydrogen) atoms. The molecule has 1 saturated heterocycles. The predicted octanol–water partition coefficient (Wildman–Crippen LogP) is 5.51. The minimum Gasteiger partial charge on any atom is -0.378 e. The molecule has 1 fully saturated rings. The maximum atomic E-state index is 12.5. The summed E-state index contributed by atoms with van der Waals surface area (Å²) in [4.78, 5) is 19.5. The van der Waals surface area contributed by atoms with Crippen molar-refractivity contribution in [3.8, 4) is 28.2 Å². The lowest BCUT2D eigenvalue weighted by atomic mass is 10.1. The lowest BCUT2D eigenvalue weighted by molar-refractivity contribution is -0.113. The van der Waals surface area contributed by atoms with E-state index in [9.17, 15) is 4.79 Å². The van der Waals surface area contributed by atoms with Crippen molar-refractivity contribution in [3.05, 3.63) is 101 Å². The lowest BCUT2D eigenvalue weighted by Gasteiger charge is -2.27. The average molecular weight is 493 g/mol. The second kappa shape index (κ2) is 9.97. The Balaban J connectivity index is 1.29. The Bertz CT molecular complexity index is 1440. The summed E-state index contributed by atoms with van der Waals surface area (Å²) in [6, 6.07) is 30.7. The number of aromatic nitrogens is 2. The van der Waals surface area contributed by atoms with Crippen molar-refractivity contribution in [2.24, 2.45) is 4.99 Å². The fourth-order valence-electron chi connectivity index (χ4n) is 4.29. The summed E-state index contributed by atoms with van der Waals surface area (Å²) in [7, 11) is 0. The zero-order valence-electron chi connectivity index (χ0n) is 19.6. The minimum absolute atomic E-state index is 0.184. The van der Waals surface area contributed by atoms with Crippen molar-refractivity contribution in [2.45, 2.75) is 0 Å². The monoisotopic (exact) mass is 492 g/mol. The predicted molar refractivity (Wildman–Crippen MR) is 145 cm³/mol. The van der Waals surface area contributed by atoms with Gasteiger partial charge >= 0.3 is 0 Å². The first kappa shape index (κ1) is 22.5. The molecule has 3 aromatic carbocycles. The van der Waals surface area contributed by atoms with Gasteiger partial charge < -0.3 is 9.64 Å². The Morgan fingerprint density at radius 3 is 2.19 bits per heavy atom. The van der Waals surface area contributed by atoms with E-state index < -0.39 is 0 Å². The van der Waals surface area contributed by atoms with Crippen molar-refractivity contribution in [1.82, 2.24) is 14.7 Å². The van der Waals surface area contributed by atoms with Gasteiger partial charge in [0.05, 0.1) is 35.2 Å². The van der Waals surface area contributed by atoms with Crippen LogP contribution in [-0.4, -0.2) is 52.1 Å². The quantitative estimate of drug-likeness (QED) is 0.352. The van der Waals surface area contributed by atoms with E-state index in [0.29, 0.717) is 18.1 Å². The molecular formula is C29H24N4O2S. The van der Waals surface area contributed by atoms with E-state index in [-0.39, 0.29) is 5.91 Å². The molecule has 2 aliphatic heterocycles. The summed E-state index contributed by atoms with van der Waals surface area (Å²) >= 11 is 1.44. The summed E-state index contributed by atoms with van der Waals surface area (Å²) in [5.74, 6) is -0.184. The third kappa shape index (κ3) is 4.63. The number of ether oxygens (including phenoxy) is 1. The molecule has 0 N–H and O–H groups in total. The molecule has 7 heteroatoms. The van der Waals surface area contributed by atoms with Gasteiger partial charge in [-0.1, -0.05) is 72.8 Å². The Labute approximate surface area is 213 Å². The van der Waals surface area contributed by atoms with Crippen molar-refractivity contribution < 1.29 is 9.53 Å². The molecule has 0 aliphatic carbocycles. The van der Waals surface area contributed by atoms with Crippen LogP contribution in [0.25, 0.3) is 34.3 Å². The Hall–Kier alpha value is -3.94. The van der Waals surface area contributed by atoms with Gasteiger partial charge in [0.2, 0.25) is 0 Å². The van der Waals surface area contributed by atoms with Crippen LogP contribution in [0.3, 0.4) is 0 Å². The number of benzene rings is 3. The first-order valence-corrected chi connectivity index (χ1v) is 12.7. The van der Waals surface area contributed by atoms with E-state index in [1.165, 1.54) is 11.8 Å². The molecule has 6 rings (SSSR count). The molecule has 0 bridgehead atoms. The largest absolute Gasteiger partial charge is 0.378 e. The van der Waals surface area contributed by atoms with Crippen LogP contribution in [0.4, 0.5) is 0 Å². The highest BCUT2D eigenvalue weighted by Crippen LogP contribution is 2.32. The van der Waals surface area contributed by atoms with Crippen LogP contribution in [0.15, 0.2) is 101 Å². The standard InChI is InChI=1S/C29H24N4O2S/c34-28-27(36-29(30-28)32-15-17-35-18-16-32)19-21-11-13-24(14-12-21)33-26(23-9-5-2-6-10-23)20-25(31-33)22-7-3-1-4-8-22/h1-14,19-20H,15-18H2/b27-19+. The summed E-state index contributed by atoms with van der Waals surface area (Å²) < 4.78 is 7.38. The highest BCUT2D eigenvalue weighted by molar-refractivity contribution is 8.18. The van der Waals surface area contributed by atoms with Crippen LogP contribution in [-0.2, 0) is 9.53 Å². The van der Waals surface area contributed by atoms with Crippen LogP contribution in [0.1, 0.15) is 5.56 Å². The molecule has 1 amide bonds. The highest BCUT2D eigenvalue weighted by Gasteiger charge is 2.27. The third-order valence-corrected chi connectivity index (χ3v) is 7.22. The average Bonchev–Trinajstić information content (AvgIpc) is 3.55.